The quantitative estimate of drug-likeness (QED) is 0.164. The van der Waals surface area contributed by atoms with E-state index in [1.807, 2.05) is 18.2 Å². The standard InChI is InChI=1S/C27H44O4/c1-2-3-4-5-6-7-8-9-11-17-22-27(25(28)29,26(30)31)23-18-12-10-14-19-24-20-15-13-16-21-24/h13,15-16,20-21H,2-12,14,17-19,22-23H2,1H3,(H,28,29)(H,30,31). The summed E-state index contributed by atoms with van der Waals surface area (Å²) in [6.45, 7) is 2.22. The fourth-order valence-electron chi connectivity index (χ4n) is 4.31. The Bertz CT molecular complexity index is 583. The molecule has 0 atom stereocenters. The third kappa shape index (κ3) is 11.4. The first kappa shape index (κ1) is 27.2. The van der Waals surface area contributed by atoms with E-state index in [1.165, 1.54) is 50.5 Å². The van der Waals surface area contributed by atoms with Crippen molar-refractivity contribution in [1.29, 1.82) is 0 Å². The number of hydrogen-bond donors (Lipinski definition) is 2. The number of carboxylic acid groups (broad SMARTS) is 2. The number of aryl methyl sites for hydroxylation is 1. The van der Waals surface area contributed by atoms with Gasteiger partial charge in [0, 0.05) is 0 Å². The van der Waals surface area contributed by atoms with Gasteiger partial charge in [0.05, 0.1) is 0 Å². The first-order valence-corrected chi connectivity index (χ1v) is 12.5. The third-order valence-electron chi connectivity index (χ3n) is 6.44. The lowest BCUT2D eigenvalue weighted by molar-refractivity contribution is -0.166. The molecule has 0 aliphatic rings. The highest BCUT2D eigenvalue weighted by Crippen LogP contribution is 2.33. The van der Waals surface area contributed by atoms with E-state index >= 15 is 0 Å². The molecule has 1 aromatic carbocycles. The van der Waals surface area contributed by atoms with Gasteiger partial charge >= 0.3 is 11.9 Å². The molecule has 4 heteroatoms. The van der Waals surface area contributed by atoms with Gasteiger partial charge in [-0.25, -0.2) is 0 Å². The van der Waals surface area contributed by atoms with Crippen molar-refractivity contribution in [3.05, 3.63) is 35.9 Å². The molecule has 0 unspecified atom stereocenters. The summed E-state index contributed by atoms with van der Waals surface area (Å²) in [5.41, 5.74) is -0.298. The van der Waals surface area contributed by atoms with E-state index in [0.717, 1.165) is 38.5 Å². The molecule has 0 saturated heterocycles. The van der Waals surface area contributed by atoms with Gasteiger partial charge < -0.3 is 10.2 Å². The Morgan fingerprint density at radius 3 is 1.52 bits per heavy atom. The van der Waals surface area contributed by atoms with Crippen LogP contribution in [-0.4, -0.2) is 22.2 Å². The molecule has 0 amide bonds. The Kier molecular flexibility index (Phi) is 14.7. The number of hydrogen-bond acceptors (Lipinski definition) is 2. The summed E-state index contributed by atoms with van der Waals surface area (Å²) in [7, 11) is 0. The average Bonchev–Trinajstić information content (AvgIpc) is 2.76. The monoisotopic (exact) mass is 432 g/mol. The molecule has 1 rings (SSSR count). The van der Waals surface area contributed by atoms with E-state index < -0.39 is 17.4 Å². The number of carbonyl (C=O) groups is 2. The van der Waals surface area contributed by atoms with E-state index in [-0.39, 0.29) is 12.8 Å². The fourth-order valence-corrected chi connectivity index (χ4v) is 4.31. The van der Waals surface area contributed by atoms with Gasteiger partial charge in [0.2, 0.25) is 0 Å². The summed E-state index contributed by atoms with van der Waals surface area (Å²) < 4.78 is 0. The van der Waals surface area contributed by atoms with E-state index in [1.54, 1.807) is 0 Å². The minimum absolute atomic E-state index is 0.237. The number of unbranched alkanes of at least 4 members (excludes halogenated alkanes) is 12. The summed E-state index contributed by atoms with van der Waals surface area (Å²) >= 11 is 0. The Labute approximate surface area is 189 Å². The Morgan fingerprint density at radius 1 is 0.645 bits per heavy atom. The number of rotatable bonds is 20. The van der Waals surface area contributed by atoms with Gasteiger partial charge in [-0.3, -0.25) is 9.59 Å². The molecule has 0 fully saturated rings. The van der Waals surface area contributed by atoms with E-state index in [9.17, 15) is 19.8 Å². The van der Waals surface area contributed by atoms with Crippen LogP contribution in [0.4, 0.5) is 0 Å². The number of carboxylic acids is 2. The van der Waals surface area contributed by atoms with Crippen molar-refractivity contribution in [2.75, 3.05) is 0 Å². The van der Waals surface area contributed by atoms with E-state index in [4.69, 9.17) is 0 Å². The molecular weight excluding hydrogens is 388 g/mol. The Balaban J connectivity index is 2.25. The van der Waals surface area contributed by atoms with Gasteiger partial charge in [0.1, 0.15) is 0 Å². The third-order valence-corrected chi connectivity index (χ3v) is 6.44. The van der Waals surface area contributed by atoms with Gasteiger partial charge in [-0.2, -0.15) is 0 Å². The van der Waals surface area contributed by atoms with Crippen LogP contribution in [0, 0.1) is 5.41 Å². The van der Waals surface area contributed by atoms with Crippen LogP contribution >= 0.6 is 0 Å². The van der Waals surface area contributed by atoms with Crippen LogP contribution in [0.25, 0.3) is 0 Å². The van der Waals surface area contributed by atoms with Crippen LogP contribution < -0.4 is 0 Å². The highest BCUT2D eigenvalue weighted by atomic mass is 16.4. The van der Waals surface area contributed by atoms with Crippen LogP contribution in [0.1, 0.15) is 115 Å². The lowest BCUT2D eigenvalue weighted by Crippen LogP contribution is -2.39. The first-order chi connectivity index (χ1) is 15.0. The maximum atomic E-state index is 11.9. The molecule has 1 aromatic rings. The molecule has 0 aromatic heterocycles. The molecule has 4 nitrogen and oxygen atoms in total. The first-order valence-electron chi connectivity index (χ1n) is 12.5. The topological polar surface area (TPSA) is 74.6 Å². The van der Waals surface area contributed by atoms with Crippen LogP contribution in [0.3, 0.4) is 0 Å². The lowest BCUT2D eigenvalue weighted by Gasteiger charge is -2.25. The van der Waals surface area contributed by atoms with Gasteiger partial charge in [0.25, 0.3) is 0 Å². The van der Waals surface area contributed by atoms with Crippen LogP contribution in [0.2, 0.25) is 0 Å². The molecule has 2 N–H and O–H groups in total. The number of aliphatic carboxylic acids is 2. The second-order valence-corrected chi connectivity index (χ2v) is 9.02. The predicted octanol–water partition coefficient (Wildman–Crippen LogP) is 7.65. The molecule has 0 heterocycles. The van der Waals surface area contributed by atoms with Crippen molar-refractivity contribution < 1.29 is 19.8 Å². The van der Waals surface area contributed by atoms with Gasteiger partial charge in [-0.15, -0.1) is 0 Å². The molecule has 31 heavy (non-hydrogen) atoms. The van der Waals surface area contributed by atoms with Crippen molar-refractivity contribution in [3.8, 4) is 0 Å². The van der Waals surface area contributed by atoms with Crippen molar-refractivity contribution in [2.45, 2.75) is 116 Å². The summed E-state index contributed by atoms with van der Waals surface area (Å²) in [5, 5.41) is 19.4. The highest BCUT2D eigenvalue weighted by molar-refractivity contribution is 5.98. The smallest absolute Gasteiger partial charge is 0.321 e. The second-order valence-electron chi connectivity index (χ2n) is 9.02. The average molecular weight is 433 g/mol. The minimum Gasteiger partial charge on any atom is -0.480 e. The number of benzene rings is 1. The summed E-state index contributed by atoms with van der Waals surface area (Å²) in [5.74, 6) is -2.33. The summed E-state index contributed by atoms with van der Waals surface area (Å²) in [6, 6.07) is 10.3. The minimum atomic E-state index is -1.61. The summed E-state index contributed by atoms with van der Waals surface area (Å²) in [6.07, 6.45) is 16.7. The molecule has 0 saturated carbocycles. The highest BCUT2D eigenvalue weighted by Gasteiger charge is 2.45. The molecule has 0 aliphatic carbocycles. The van der Waals surface area contributed by atoms with Crippen molar-refractivity contribution in [1.82, 2.24) is 0 Å². The fraction of sp³-hybridized carbons (Fsp3) is 0.704. The van der Waals surface area contributed by atoms with Gasteiger partial charge in [0.15, 0.2) is 5.41 Å². The molecule has 0 aliphatic heterocycles. The molecule has 0 bridgehead atoms. The van der Waals surface area contributed by atoms with E-state index in [0.29, 0.717) is 12.8 Å². The van der Waals surface area contributed by atoms with Crippen molar-refractivity contribution >= 4 is 11.9 Å². The van der Waals surface area contributed by atoms with Crippen LogP contribution in [0.15, 0.2) is 30.3 Å². The molecule has 0 spiro atoms. The largest absolute Gasteiger partial charge is 0.480 e. The molecular formula is C27H44O4. The summed E-state index contributed by atoms with van der Waals surface area (Å²) in [4.78, 5) is 23.8. The Hall–Kier alpha value is -1.84. The van der Waals surface area contributed by atoms with Crippen LogP contribution in [0.5, 0.6) is 0 Å². The zero-order valence-corrected chi connectivity index (χ0v) is 19.6. The second kappa shape index (κ2) is 16.8. The maximum Gasteiger partial charge on any atom is 0.321 e. The molecule has 176 valence electrons. The predicted molar refractivity (Wildman–Crippen MR) is 127 cm³/mol. The van der Waals surface area contributed by atoms with Gasteiger partial charge in [-0.05, 0) is 31.2 Å². The molecule has 0 radical (unpaired) electrons. The lowest BCUT2D eigenvalue weighted by atomic mass is 9.78. The van der Waals surface area contributed by atoms with Gasteiger partial charge in [-0.1, -0.05) is 121 Å². The maximum absolute atomic E-state index is 11.9. The Morgan fingerprint density at radius 2 is 1.06 bits per heavy atom. The van der Waals surface area contributed by atoms with Crippen LogP contribution in [-0.2, 0) is 16.0 Å². The normalized spacial score (nSPS) is 11.5. The van der Waals surface area contributed by atoms with Crippen molar-refractivity contribution in [2.24, 2.45) is 5.41 Å². The zero-order valence-electron chi connectivity index (χ0n) is 19.6. The van der Waals surface area contributed by atoms with Crippen molar-refractivity contribution in [3.63, 3.8) is 0 Å². The zero-order chi connectivity index (χ0) is 22.8. The SMILES string of the molecule is CCCCCCCCCCCCC(CCCCCCc1ccccc1)(C(=O)O)C(=O)O. The van der Waals surface area contributed by atoms with E-state index in [2.05, 4.69) is 19.1 Å².